The highest BCUT2D eigenvalue weighted by atomic mass is 32.3. The summed E-state index contributed by atoms with van der Waals surface area (Å²) in [4.78, 5) is 7.81. The van der Waals surface area contributed by atoms with Crippen molar-refractivity contribution >= 4 is 33.5 Å². The summed E-state index contributed by atoms with van der Waals surface area (Å²) < 4.78 is 62.0. The van der Waals surface area contributed by atoms with E-state index in [1.807, 2.05) is 12.7 Å². The van der Waals surface area contributed by atoms with Gasteiger partial charge in [0.2, 0.25) is 20.8 Å². The molecule has 2 heterocycles. The minimum atomic E-state index is -4.41. The summed E-state index contributed by atoms with van der Waals surface area (Å²) in [5.74, 6) is 0. The molecule has 0 radical (unpaired) electrons. The van der Waals surface area contributed by atoms with Gasteiger partial charge in [-0.2, -0.15) is 0 Å². The Balaban J connectivity index is 0. The van der Waals surface area contributed by atoms with Crippen molar-refractivity contribution in [3.8, 4) is 0 Å². The lowest BCUT2D eigenvalue weighted by molar-refractivity contribution is -0.518. The third-order valence-corrected chi connectivity index (χ3v) is 2.50. The van der Waals surface area contributed by atoms with Crippen LogP contribution in [-0.2, 0) is 29.2 Å². The molecule has 0 aliphatic carbocycles. The van der Waals surface area contributed by atoms with Crippen molar-refractivity contribution in [2.75, 3.05) is 40.4 Å². The average Bonchev–Trinajstić information content (AvgIpc) is 3.15. The van der Waals surface area contributed by atoms with Crippen LogP contribution >= 0.6 is 0 Å². The summed E-state index contributed by atoms with van der Waals surface area (Å²) in [7, 11) is -7.21. The molecule has 0 spiro atoms. The Morgan fingerprint density at radius 2 is 1.14 bits per heavy atom. The monoisotopic (exact) mass is 364 g/mol. The van der Waals surface area contributed by atoms with Crippen LogP contribution in [0.15, 0.2) is 9.98 Å². The smallest absolute Gasteiger partial charge is 0.217 e. The molecule has 0 atom stereocenters. The molecule has 2 aliphatic heterocycles. The zero-order valence-electron chi connectivity index (χ0n) is 12.1. The first kappa shape index (κ1) is 23.3. The zero-order chi connectivity index (χ0) is 17.5. The Kier molecular flexibility index (Phi) is 14.4. The Bertz CT molecular complexity index is 456. The molecular weight excluding hydrogens is 344 g/mol. The molecule has 0 aromatic carbocycles. The van der Waals surface area contributed by atoms with Gasteiger partial charge < -0.3 is 19.7 Å². The highest BCUT2D eigenvalue weighted by molar-refractivity contribution is 7.81. The van der Waals surface area contributed by atoms with Crippen LogP contribution in [0.1, 0.15) is 0 Å². The third-order valence-electron chi connectivity index (χ3n) is 1.68. The van der Waals surface area contributed by atoms with Crippen LogP contribution in [0, 0.1) is 0 Å². The largest absolute Gasteiger partial charge is 0.726 e. The first-order valence-corrected chi connectivity index (χ1v) is 8.45. The van der Waals surface area contributed by atoms with E-state index < -0.39 is 20.8 Å². The lowest BCUT2D eigenvalue weighted by atomic mass is 10.7. The summed E-state index contributed by atoms with van der Waals surface area (Å²) in [5.41, 5.74) is 0. The fourth-order valence-corrected chi connectivity index (χ4v) is 0.745. The van der Waals surface area contributed by atoms with Gasteiger partial charge in [-0.05, 0) is 0 Å². The predicted molar refractivity (Wildman–Crippen MR) is 73.7 cm³/mol. The van der Waals surface area contributed by atoms with Gasteiger partial charge in [-0.3, -0.25) is 8.37 Å². The molecule has 0 bridgehead atoms. The second-order valence-corrected chi connectivity index (χ2v) is 5.61. The van der Waals surface area contributed by atoms with E-state index in [1.165, 1.54) is 0 Å². The number of hydrogen-bond donors (Lipinski definition) is 2. The minimum Gasteiger partial charge on any atom is -0.726 e. The molecule has 22 heavy (non-hydrogen) atoms. The summed E-state index contributed by atoms with van der Waals surface area (Å²) in [5, 5.41) is 4.14. The molecule has 2 aliphatic rings. The maximum absolute atomic E-state index is 9.22. The van der Waals surface area contributed by atoms with E-state index in [0.29, 0.717) is 0 Å². The van der Waals surface area contributed by atoms with Gasteiger partial charge in [-0.25, -0.2) is 26.8 Å². The van der Waals surface area contributed by atoms with E-state index >= 15 is 0 Å². The fourth-order valence-electron chi connectivity index (χ4n) is 0.745. The predicted octanol–water partition coefficient (Wildman–Crippen LogP) is -4.63. The minimum absolute atomic E-state index is 0.808. The number of nitrogens with two attached hydrogens (primary N) is 2. The Hall–Kier alpha value is -1.00. The van der Waals surface area contributed by atoms with Crippen molar-refractivity contribution in [2.45, 2.75) is 0 Å². The van der Waals surface area contributed by atoms with Gasteiger partial charge in [0.1, 0.15) is 13.1 Å². The topological polar surface area (TPSA) is 191 Å². The van der Waals surface area contributed by atoms with Crippen LogP contribution < -0.4 is 10.6 Å². The molecule has 0 aromatic rings. The summed E-state index contributed by atoms with van der Waals surface area (Å²) in [6.45, 7) is 4.33. The molecule has 12 nitrogen and oxygen atoms in total. The van der Waals surface area contributed by atoms with Gasteiger partial charge in [0.25, 0.3) is 0 Å². The van der Waals surface area contributed by atoms with Crippen molar-refractivity contribution in [1.29, 1.82) is 0 Å². The van der Waals surface area contributed by atoms with Crippen molar-refractivity contribution in [3.05, 3.63) is 0 Å². The standard InChI is InChI=1S/2C3H6N2.2CH4O4S/c2*1-2-5-3-4-1;2*1-5-6(2,3)4/h2*3H,1-2H2,(H,4,5);2*1H3,(H,2,3,4). The Morgan fingerprint density at radius 1 is 0.864 bits per heavy atom. The van der Waals surface area contributed by atoms with Gasteiger partial charge in [0, 0.05) is 0 Å². The van der Waals surface area contributed by atoms with Crippen LogP contribution in [0.3, 0.4) is 0 Å². The van der Waals surface area contributed by atoms with Crippen LogP contribution in [0.4, 0.5) is 0 Å². The molecule has 0 saturated carbocycles. The fraction of sp³-hybridized carbons (Fsp3) is 0.750. The molecule has 0 saturated heterocycles. The second kappa shape index (κ2) is 13.6. The van der Waals surface area contributed by atoms with Crippen LogP contribution in [0.2, 0.25) is 0 Å². The summed E-state index contributed by atoms with van der Waals surface area (Å²) in [6, 6.07) is 0. The van der Waals surface area contributed by atoms with Crippen LogP contribution in [-0.4, -0.2) is 79.0 Å². The van der Waals surface area contributed by atoms with Gasteiger partial charge in [-0.1, -0.05) is 0 Å². The highest BCUT2D eigenvalue weighted by Crippen LogP contribution is 1.75. The van der Waals surface area contributed by atoms with Gasteiger partial charge in [-0.15, -0.1) is 0 Å². The van der Waals surface area contributed by atoms with E-state index in [1.54, 1.807) is 0 Å². The number of rotatable bonds is 2. The SMILES string of the molecule is C1=NCC[NH2+]1.C1=NCC[NH2+]1.COS(=O)(=O)[O-].COS(=O)(=O)[O-]. The van der Waals surface area contributed by atoms with Crippen LogP contribution in [0.25, 0.3) is 0 Å². The molecule has 14 heteroatoms. The maximum Gasteiger partial charge on any atom is 0.217 e. The quantitative estimate of drug-likeness (QED) is 0.361. The van der Waals surface area contributed by atoms with Crippen molar-refractivity contribution in [3.63, 3.8) is 0 Å². The van der Waals surface area contributed by atoms with Crippen molar-refractivity contribution in [1.82, 2.24) is 0 Å². The van der Waals surface area contributed by atoms with E-state index in [2.05, 4.69) is 29.0 Å². The number of aliphatic imine (C=N–C) groups is 2. The highest BCUT2D eigenvalue weighted by Gasteiger charge is 1.89. The third kappa shape index (κ3) is 27.4. The van der Waals surface area contributed by atoms with E-state index in [0.717, 1.165) is 40.4 Å². The number of quaternary nitrogens is 2. The van der Waals surface area contributed by atoms with E-state index in [4.69, 9.17) is 0 Å². The number of hydrogen-bond acceptors (Lipinski definition) is 10. The molecule has 0 aromatic heterocycles. The van der Waals surface area contributed by atoms with Crippen LogP contribution in [0.5, 0.6) is 0 Å². The van der Waals surface area contributed by atoms with Crippen molar-refractivity contribution < 1.29 is 44.9 Å². The molecule has 0 unspecified atom stereocenters. The molecule has 4 N–H and O–H groups in total. The summed E-state index contributed by atoms with van der Waals surface area (Å²) >= 11 is 0. The first-order chi connectivity index (χ1) is 10.1. The molecule has 0 fully saturated rings. The zero-order valence-corrected chi connectivity index (χ0v) is 13.7. The summed E-state index contributed by atoms with van der Waals surface area (Å²) in [6.07, 6.45) is 3.72. The molecule has 132 valence electrons. The molecular formula is C8H20N4O8S2. The molecule has 0 amide bonds. The van der Waals surface area contributed by atoms with E-state index in [-0.39, 0.29) is 0 Å². The first-order valence-electron chi connectivity index (χ1n) is 5.78. The van der Waals surface area contributed by atoms with Gasteiger partial charge in [0.15, 0.2) is 12.7 Å². The van der Waals surface area contributed by atoms with Gasteiger partial charge >= 0.3 is 0 Å². The lowest BCUT2D eigenvalue weighted by Gasteiger charge is -1.98. The maximum atomic E-state index is 9.22. The van der Waals surface area contributed by atoms with Gasteiger partial charge in [0.05, 0.1) is 27.3 Å². The average molecular weight is 364 g/mol. The Morgan fingerprint density at radius 3 is 1.18 bits per heavy atom. The lowest BCUT2D eigenvalue weighted by Crippen LogP contribution is -2.80. The van der Waals surface area contributed by atoms with E-state index in [9.17, 15) is 25.9 Å². The van der Waals surface area contributed by atoms with Crippen molar-refractivity contribution in [2.24, 2.45) is 9.98 Å². The number of nitrogens with zero attached hydrogens (tertiary/aromatic N) is 2. The Labute approximate surface area is 129 Å². The normalized spacial score (nSPS) is 15.8. The second-order valence-electron chi connectivity index (χ2n) is 3.31. The molecule has 2 rings (SSSR count).